The van der Waals surface area contributed by atoms with E-state index in [4.69, 9.17) is 4.52 Å². The Morgan fingerprint density at radius 2 is 2.10 bits per heavy atom. The zero-order valence-electron chi connectivity index (χ0n) is 12.5. The highest BCUT2D eigenvalue weighted by molar-refractivity contribution is 5.93. The molecule has 2 heterocycles. The van der Waals surface area contributed by atoms with Crippen molar-refractivity contribution in [3.63, 3.8) is 0 Å². The fourth-order valence-electron chi connectivity index (χ4n) is 3.66. The number of carbonyl (C=O) groups excluding carboxylic acids is 2. The number of carbonyl (C=O) groups is 2. The van der Waals surface area contributed by atoms with E-state index in [1.165, 1.54) is 0 Å². The topological polar surface area (TPSA) is 63.4 Å². The highest BCUT2D eigenvalue weighted by Gasteiger charge is 2.38. The van der Waals surface area contributed by atoms with Crippen molar-refractivity contribution < 1.29 is 14.1 Å². The number of rotatable bonds is 2. The van der Waals surface area contributed by atoms with E-state index in [0.29, 0.717) is 23.7 Å². The number of piperidine rings is 1. The van der Waals surface area contributed by atoms with Crippen LogP contribution < -0.4 is 0 Å². The maximum atomic E-state index is 12.7. The van der Waals surface area contributed by atoms with Gasteiger partial charge in [-0.25, -0.2) is 0 Å². The van der Waals surface area contributed by atoms with E-state index >= 15 is 0 Å². The Labute approximate surface area is 124 Å². The molecule has 0 spiro atoms. The van der Waals surface area contributed by atoms with Gasteiger partial charge >= 0.3 is 0 Å². The van der Waals surface area contributed by atoms with Crippen molar-refractivity contribution in [2.24, 2.45) is 5.92 Å². The van der Waals surface area contributed by atoms with Gasteiger partial charge in [-0.05, 0) is 39.0 Å². The first-order chi connectivity index (χ1) is 10.2. The van der Waals surface area contributed by atoms with Gasteiger partial charge in [-0.1, -0.05) is 11.6 Å². The number of aromatic nitrogens is 1. The number of nitrogens with zero attached hydrogens (tertiary/aromatic N) is 2. The van der Waals surface area contributed by atoms with Crippen LogP contribution in [0.4, 0.5) is 0 Å². The number of Topliss-reactive ketones (excluding diaryl/α,β-unsaturated/α-hetero) is 1. The summed E-state index contributed by atoms with van der Waals surface area (Å²) in [6.45, 7) is 2.50. The Hall–Kier alpha value is -1.65. The lowest BCUT2D eigenvalue weighted by atomic mass is 9.79. The molecule has 114 valence electrons. The molecule has 0 N–H and O–H groups in total. The second-order valence-corrected chi connectivity index (χ2v) is 6.20. The third-order valence-electron chi connectivity index (χ3n) is 4.72. The van der Waals surface area contributed by atoms with Crippen molar-refractivity contribution in [3.8, 4) is 0 Å². The molecule has 21 heavy (non-hydrogen) atoms. The summed E-state index contributed by atoms with van der Waals surface area (Å²) in [6, 6.07) is 1.73. The summed E-state index contributed by atoms with van der Waals surface area (Å²) >= 11 is 0. The number of aryl methyl sites for hydroxylation is 1. The van der Waals surface area contributed by atoms with Crippen molar-refractivity contribution in [3.05, 3.63) is 17.5 Å². The molecule has 5 nitrogen and oxygen atoms in total. The second kappa shape index (κ2) is 6.00. The lowest BCUT2D eigenvalue weighted by Gasteiger charge is -2.40. The van der Waals surface area contributed by atoms with Crippen molar-refractivity contribution in [1.82, 2.24) is 10.1 Å². The van der Waals surface area contributed by atoms with Crippen LogP contribution in [-0.2, 0) is 4.79 Å². The largest absolute Gasteiger partial charge is 0.361 e. The van der Waals surface area contributed by atoms with Crippen LogP contribution in [0.2, 0.25) is 0 Å². The standard InChI is InChI=1S/C16H22N2O3/c1-11-10-13(17-21-11)16(20)18-9-5-4-7-14(18)12-6-2-3-8-15(12)19/h10,12,14H,2-9H2,1H3. The predicted octanol–water partition coefficient (Wildman–Crippen LogP) is 2.74. The highest BCUT2D eigenvalue weighted by Crippen LogP contribution is 2.32. The minimum absolute atomic E-state index is 0.0241. The van der Waals surface area contributed by atoms with Crippen molar-refractivity contribution in [1.29, 1.82) is 0 Å². The minimum Gasteiger partial charge on any atom is -0.361 e. The molecule has 1 aliphatic carbocycles. The van der Waals surface area contributed by atoms with Crippen LogP contribution >= 0.6 is 0 Å². The van der Waals surface area contributed by atoms with E-state index in [0.717, 1.165) is 45.1 Å². The van der Waals surface area contributed by atoms with Crippen LogP contribution in [0.5, 0.6) is 0 Å². The monoisotopic (exact) mass is 290 g/mol. The SMILES string of the molecule is Cc1cc(C(=O)N2CCCCC2C2CCCCC2=O)no1. The third kappa shape index (κ3) is 2.87. The van der Waals surface area contributed by atoms with Crippen LogP contribution in [0.15, 0.2) is 10.6 Å². The summed E-state index contributed by atoms with van der Waals surface area (Å²) in [7, 11) is 0. The van der Waals surface area contributed by atoms with E-state index in [1.54, 1.807) is 13.0 Å². The van der Waals surface area contributed by atoms with Gasteiger partial charge in [-0.3, -0.25) is 9.59 Å². The van der Waals surface area contributed by atoms with E-state index < -0.39 is 0 Å². The van der Waals surface area contributed by atoms with Gasteiger partial charge in [0.1, 0.15) is 11.5 Å². The van der Waals surface area contributed by atoms with E-state index in [2.05, 4.69) is 5.16 Å². The Bertz CT molecular complexity index is 537. The van der Waals surface area contributed by atoms with Gasteiger partial charge in [0.25, 0.3) is 5.91 Å². The first-order valence-corrected chi connectivity index (χ1v) is 7.94. The minimum atomic E-state index is -0.0880. The molecule has 2 atom stereocenters. The van der Waals surface area contributed by atoms with Gasteiger partial charge in [-0.15, -0.1) is 0 Å². The summed E-state index contributed by atoms with van der Waals surface area (Å²) < 4.78 is 5.01. The number of hydrogen-bond donors (Lipinski definition) is 0. The molecule has 5 heteroatoms. The average Bonchev–Trinajstić information content (AvgIpc) is 2.94. The normalized spacial score (nSPS) is 26.9. The molecule has 1 saturated heterocycles. The molecule has 1 saturated carbocycles. The lowest BCUT2D eigenvalue weighted by Crippen LogP contribution is -2.50. The highest BCUT2D eigenvalue weighted by atomic mass is 16.5. The summed E-state index contributed by atoms with van der Waals surface area (Å²) in [5.74, 6) is 0.911. The second-order valence-electron chi connectivity index (χ2n) is 6.20. The molecule has 2 unspecified atom stereocenters. The Morgan fingerprint density at radius 1 is 1.29 bits per heavy atom. The number of ketones is 1. The molecule has 1 aromatic heterocycles. The number of hydrogen-bond acceptors (Lipinski definition) is 4. The Morgan fingerprint density at radius 3 is 2.81 bits per heavy atom. The summed E-state index contributed by atoms with van der Waals surface area (Å²) in [4.78, 5) is 26.8. The van der Waals surface area contributed by atoms with E-state index in [1.807, 2.05) is 4.90 Å². The van der Waals surface area contributed by atoms with Crippen LogP contribution in [0.25, 0.3) is 0 Å². The summed E-state index contributed by atoms with van der Waals surface area (Å²) in [5, 5.41) is 3.84. The average molecular weight is 290 g/mol. The Balaban J connectivity index is 1.80. The van der Waals surface area contributed by atoms with Crippen LogP contribution in [0, 0.1) is 12.8 Å². The molecular formula is C16H22N2O3. The van der Waals surface area contributed by atoms with Crippen LogP contribution in [-0.4, -0.2) is 34.3 Å². The van der Waals surface area contributed by atoms with Gasteiger partial charge in [0.15, 0.2) is 5.69 Å². The van der Waals surface area contributed by atoms with E-state index in [9.17, 15) is 9.59 Å². The van der Waals surface area contributed by atoms with Crippen molar-refractivity contribution in [2.45, 2.75) is 57.9 Å². The predicted molar refractivity (Wildman–Crippen MR) is 76.9 cm³/mol. The molecule has 0 aromatic carbocycles. The van der Waals surface area contributed by atoms with Gasteiger partial charge in [0.05, 0.1) is 0 Å². The molecule has 1 aliphatic heterocycles. The number of likely N-dealkylation sites (tertiary alicyclic amines) is 1. The maximum Gasteiger partial charge on any atom is 0.276 e. The lowest BCUT2D eigenvalue weighted by molar-refractivity contribution is -0.127. The molecule has 0 radical (unpaired) electrons. The summed E-state index contributed by atoms with van der Waals surface area (Å²) in [6.07, 6.45) is 6.71. The van der Waals surface area contributed by atoms with Crippen molar-refractivity contribution in [2.75, 3.05) is 6.54 Å². The summed E-state index contributed by atoms with van der Waals surface area (Å²) in [5.41, 5.74) is 0.364. The fourth-order valence-corrected chi connectivity index (χ4v) is 3.66. The maximum absolute atomic E-state index is 12.7. The smallest absolute Gasteiger partial charge is 0.276 e. The first kappa shape index (κ1) is 14.3. The molecule has 0 bridgehead atoms. The molecular weight excluding hydrogens is 268 g/mol. The van der Waals surface area contributed by atoms with E-state index in [-0.39, 0.29) is 17.9 Å². The third-order valence-corrected chi connectivity index (χ3v) is 4.72. The fraction of sp³-hybridized carbons (Fsp3) is 0.688. The van der Waals surface area contributed by atoms with Crippen LogP contribution in [0.3, 0.4) is 0 Å². The van der Waals surface area contributed by atoms with Gasteiger partial charge < -0.3 is 9.42 Å². The number of amides is 1. The Kier molecular flexibility index (Phi) is 4.08. The molecule has 1 amide bonds. The molecule has 2 fully saturated rings. The molecule has 2 aliphatic rings. The zero-order chi connectivity index (χ0) is 14.8. The first-order valence-electron chi connectivity index (χ1n) is 7.94. The quantitative estimate of drug-likeness (QED) is 0.840. The molecule has 1 aromatic rings. The van der Waals surface area contributed by atoms with Gasteiger partial charge in [-0.2, -0.15) is 0 Å². The molecule has 3 rings (SSSR count). The van der Waals surface area contributed by atoms with Gasteiger partial charge in [0, 0.05) is 31.0 Å². The van der Waals surface area contributed by atoms with Crippen LogP contribution in [0.1, 0.15) is 61.2 Å². The van der Waals surface area contributed by atoms with Crippen molar-refractivity contribution >= 4 is 11.7 Å². The zero-order valence-corrected chi connectivity index (χ0v) is 12.5. The van der Waals surface area contributed by atoms with Gasteiger partial charge in [0.2, 0.25) is 0 Å².